The molecule has 1 heterocycles. The van der Waals surface area contributed by atoms with Gasteiger partial charge in [0.25, 0.3) is 5.91 Å². The largest absolute Gasteiger partial charge is 0.344 e. The third-order valence-corrected chi connectivity index (χ3v) is 3.13. The molecule has 2 rings (SSSR count). The second-order valence-corrected chi connectivity index (χ2v) is 4.60. The fourth-order valence-electron chi connectivity index (χ4n) is 2.02. The maximum absolute atomic E-state index is 12.1. The average Bonchev–Trinajstić information content (AvgIpc) is 2.47. The van der Waals surface area contributed by atoms with E-state index in [0.717, 1.165) is 11.1 Å². The van der Waals surface area contributed by atoms with Crippen LogP contribution < -0.4 is 5.32 Å². The van der Waals surface area contributed by atoms with Gasteiger partial charge in [0.05, 0.1) is 11.6 Å². The monoisotopic (exact) mass is 265 g/mol. The van der Waals surface area contributed by atoms with E-state index in [4.69, 9.17) is 5.26 Å². The Bertz CT molecular complexity index is 656. The number of aryl methyl sites for hydroxylation is 1. The SMILES string of the molecule is Cc1ccccc1C(C)NC(=O)c1ccc(C#N)cn1. The number of nitrogens with zero attached hydrogens (tertiary/aromatic N) is 2. The molecule has 0 fully saturated rings. The van der Waals surface area contributed by atoms with Crippen LogP contribution >= 0.6 is 0 Å². The lowest BCUT2D eigenvalue weighted by atomic mass is 10.0. The lowest BCUT2D eigenvalue weighted by molar-refractivity contribution is 0.0935. The maximum Gasteiger partial charge on any atom is 0.270 e. The Morgan fingerprint density at radius 2 is 2.05 bits per heavy atom. The standard InChI is InChI=1S/C16H15N3O/c1-11-5-3-4-6-14(11)12(2)19-16(20)15-8-7-13(9-17)10-18-15/h3-8,10,12H,1-2H3,(H,19,20). The van der Waals surface area contributed by atoms with Crippen LogP contribution in [0, 0.1) is 18.3 Å². The van der Waals surface area contributed by atoms with Crippen LogP contribution in [0.2, 0.25) is 0 Å². The highest BCUT2D eigenvalue weighted by atomic mass is 16.1. The zero-order valence-corrected chi connectivity index (χ0v) is 11.4. The van der Waals surface area contributed by atoms with Gasteiger partial charge in [0, 0.05) is 6.20 Å². The van der Waals surface area contributed by atoms with Crippen molar-refractivity contribution in [3.05, 3.63) is 65.0 Å². The van der Waals surface area contributed by atoms with Crippen LogP contribution in [0.25, 0.3) is 0 Å². The summed E-state index contributed by atoms with van der Waals surface area (Å²) in [6, 6.07) is 12.9. The number of pyridine rings is 1. The van der Waals surface area contributed by atoms with Gasteiger partial charge in [-0.25, -0.2) is 4.98 Å². The molecule has 1 aromatic heterocycles. The van der Waals surface area contributed by atoms with Crippen LogP contribution in [0.4, 0.5) is 0 Å². The molecule has 1 unspecified atom stereocenters. The number of benzene rings is 1. The van der Waals surface area contributed by atoms with Crippen molar-refractivity contribution in [1.29, 1.82) is 5.26 Å². The molecule has 0 radical (unpaired) electrons. The third-order valence-electron chi connectivity index (χ3n) is 3.13. The number of aromatic nitrogens is 1. The fraction of sp³-hybridized carbons (Fsp3) is 0.188. The number of nitrogens with one attached hydrogen (secondary N) is 1. The van der Waals surface area contributed by atoms with Gasteiger partial charge in [-0.3, -0.25) is 4.79 Å². The van der Waals surface area contributed by atoms with E-state index in [-0.39, 0.29) is 11.9 Å². The molecule has 0 saturated heterocycles. The first kappa shape index (κ1) is 13.8. The second kappa shape index (κ2) is 5.98. The second-order valence-electron chi connectivity index (χ2n) is 4.60. The Kier molecular flexibility index (Phi) is 4.11. The molecule has 0 aliphatic heterocycles. The lowest BCUT2D eigenvalue weighted by Crippen LogP contribution is -2.27. The molecule has 4 nitrogen and oxygen atoms in total. The minimum Gasteiger partial charge on any atom is -0.344 e. The summed E-state index contributed by atoms with van der Waals surface area (Å²) in [6.45, 7) is 3.95. The van der Waals surface area contributed by atoms with Gasteiger partial charge in [0.2, 0.25) is 0 Å². The van der Waals surface area contributed by atoms with Crippen molar-refractivity contribution in [2.24, 2.45) is 0 Å². The predicted octanol–water partition coefficient (Wildman–Crippen LogP) is 2.75. The maximum atomic E-state index is 12.1. The normalized spacial score (nSPS) is 11.4. The van der Waals surface area contributed by atoms with Crippen molar-refractivity contribution in [2.75, 3.05) is 0 Å². The zero-order chi connectivity index (χ0) is 14.5. The number of amides is 1. The number of hydrogen-bond acceptors (Lipinski definition) is 3. The van der Waals surface area contributed by atoms with E-state index in [1.54, 1.807) is 12.1 Å². The summed E-state index contributed by atoms with van der Waals surface area (Å²) in [7, 11) is 0. The van der Waals surface area contributed by atoms with E-state index in [1.165, 1.54) is 6.20 Å². The van der Waals surface area contributed by atoms with Gasteiger partial charge in [-0.15, -0.1) is 0 Å². The zero-order valence-electron chi connectivity index (χ0n) is 11.4. The first-order valence-electron chi connectivity index (χ1n) is 6.34. The summed E-state index contributed by atoms with van der Waals surface area (Å²) < 4.78 is 0. The van der Waals surface area contributed by atoms with Crippen LogP contribution in [0.15, 0.2) is 42.6 Å². The molecule has 20 heavy (non-hydrogen) atoms. The van der Waals surface area contributed by atoms with Crippen LogP contribution in [0.5, 0.6) is 0 Å². The summed E-state index contributed by atoms with van der Waals surface area (Å²) >= 11 is 0. The van der Waals surface area contributed by atoms with Crippen LogP contribution in [0.1, 0.15) is 40.1 Å². The topological polar surface area (TPSA) is 65.8 Å². The van der Waals surface area contributed by atoms with E-state index in [1.807, 2.05) is 44.2 Å². The predicted molar refractivity (Wildman–Crippen MR) is 76.0 cm³/mol. The smallest absolute Gasteiger partial charge is 0.270 e. The number of carbonyl (C=O) groups excluding carboxylic acids is 1. The molecule has 1 atom stereocenters. The molecular formula is C16H15N3O. The van der Waals surface area contributed by atoms with Crippen molar-refractivity contribution in [1.82, 2.24) is 10.3 Å². The first-order valence-corrected chi connectivity index (χ1v) is 6.34. The van der Waals surface area contributed by atoms with Crippen molar-refractivity contribution in [3.8, 4) is 6.07 Å². The summed E-state index contributed by atoms with van der Waals surface area (Å²) in [5.74, 6) is -0.245. The minimum atomic E-state index is -0.245. The Labute approximate surface area is 118 Å². The Hall–Kier alpha value is -2.67. The van der Waals surface area contributed by atoms with E-state index in [9.17, 15) is 4.79 Å². The van der Waals surface area contributed by atoms with Gasteiger partial charge in [-0.2, -0.15) is 5.26 Å². The van der Waals surface area contributed by atoms with Gasteiger partial charge in [-0.1, -0.05) is 24.3 Å². The van der Waals surface area contributed by atoms with E-state index in [0.29, 0.717) is 11.3 Å². The summed E-state index contributed by atoms with van der Waals surface area (Å²) in [4.78, 5) is 16.1. The molecule has 0 saturated carbocycles. The molecule has 0 aliphatic carbocycles. The molecule has 0 bridgehead atoms. The molecule has 1 aromatic carbocycles. The molecule has 0 spiro atoms. The quantitative estimate of drug-likeness (QED) is 0.928. The molecule has 1 N–H and O–H groups in total. The van der Waals surface area contributed by atoms with Gasteiger partial charge in [-0.05, 0) is 37.1 Å². The van der Waals surface area contributed by atoms with Gasteiger partial charge in [0.1, 0.15) is 11.8 Å². The van der Waals surface area contributed by atoms with Crippen LogP contribution in [-0.2, 0) is 0 Å². The van der Waals surface area contributed by atoms with E-state index >= 15 is 0 Å². The van der Waals surface area contributed by atoms with Crippen molar-refractivity contribution in [2.45, 2.75) is 19.9 Å². The number of hydrogen-bond donors (Lipinski definition) is 1. The van der Waals surface area contributed by atoms with Gasteiger partial charge >= 0.3 is 0 Å². The van der Waals surface area contributed by atoms with E-state index < -0.39 is 0 Å². The number of carbonyl (C=O) groups is 1. The van der Waals surface area contributed by atoms with Crippen LogP contribution in [-0.4, -0.2) is 10.9 Å². The van der Waals surface area contributed by atoms with Crippen molar-refractivity contribution >= 4 is 5.91 Å². The van der Waals surface area contributed by atoms with Crippen molar-refractivity contribution in [3.63, 3.8) is 0 Å². The lowest BCUT2D eigenvalue weighted by Gasteiger charge is -2.16. The average molecular weight is 265 g/mol. The van der Waals surface area contributed by atoms with E-state index in [2.05, 4.69) is 10.3 Å². The number of rotatable bonds is 3. The third kappa shape index (κ3) is 3.01. The Morgan fingerprint density at radius 1 is 1.30 bits per heavy atom. The fourth-order valence-corrected chi connectivity index (χ4v) is 2.02. The molecule has 0 aliphatic rings. The molecule has 100 valence electrons. The molecular weight excluding hydrogens is 250 g/mol. The van der Waals surface area contributed by atoms with Gasteiger partial charge < -0.3 is 5.32 Å². The minimum absolute atomic E-state index is 0.0962. The first-order chi connectivity index (χ1) is 9.61. The molecule has 4 heteroatoms. The summed E-state index contributed by atoms with van der Waals surface area (Å²) in [6.07, 6.45) is 1.40. The highest BCUT2D eigenvalue weighted by Gasteiger charge is 2.13. The Balaban J connectivity index is 2.11. The summed E-state index contributed by atoms with van der Waals surface area (Å²) in [5.41, 5.74) is 2.96. The molecule has 2 aromatic rings. The van der Waals surface area contributed by atoms with Crippen LogP contribution in [0.3, 0.4) is 0 Å². The van der Waals surface area contributed by atoms with Gasteiger partial charge in [0.15, 0.2) is 0 Å². The number of nitriles is 1. The Morgan fingerprint density at radius 3 is 2.65 bits per heavy atom. The molecule has 1 amide bonds. The van der Waals surface area contributed by atoms with Crippen molar-refractivity contribution < 1.29 is 4.79 Å². The summed E-state index contributed by atoms with van der Waals surface area (Å²) in [5, 5.41) is 11.6. The highest BCUT2D eigenvalue weighted by Crippen LogP contribution is 2.17. The highest BCUT2D eigenvalue weighted by molar-refractivity contribution is 5.92.